The summed E-state index contributed by atoms with van der Waals surface area (Å²) in [5, 5.41) is 11.4. The Labute approximate surface area is 140 Å². The zero-order valence-corrected chi connectivity index (χ0v) is 13.7. The standard InChI is InChI=1S/C15H17F3N4OS/c1-2-5-19-14(23)10-8-13-20-9(11-4-3-6-24-11)7-12(15(16,17)18)22(13)21-10/h3-4,6,8-9,12,20H,2,5,7H2,1H3,(H,19,23)/t9-,12+/m1/s1. The number of carbonyl (C=O) groups excluding carboxylic acids is 1. The SMILES string of the molecule is CCCNC(=O)c1cc2n(n1)[C@H](C(F)(F)F)C[C@H](c1cccs1)N2. The number of nitrogens with zero attached hydrogens (tertiary/aromatic N) is 2. The van der Waals surface area contributed by atoms with E-state index in [0.29, 0.717) is 6.54 Å². The molecule has 24 heavy (non-hydrogen) atoms. The van der Waals surface area contributed by atoms with E-state index in [1.807, 2.05) is 12.3 Å². The number of rotatable bonds is 4. The van der Waals surface area contributed by atoms with Crippen LogP contribution >= 0.6 is 11.3 Å². The fraction of sp³-hybridized carbons (Fsp3) is 0.467. The van der Waals surface area contributed by atoms with Crippen LogP contribution in [-0.2, 0) is 0 Å². The third-order valence-corrected chi connectivity index (χ3v) is 4.83. The van der Waals surface area contributed by atoms with Gasteiger partial charge in [0.2, 0.25) is 0 Å². The van der Waals surface area contributed by atoms with Gasteiger partial charge in [0.25, 0.3) is 5.91 Å². The molecule has 1 amide bonds. The number of nitrogens with one attached hydrogen (secondary N) is 2. The van der Waals surface area contributed by atoms with E-state index < -0.39 is 24.2 Å². The topological polar surface area (TPSA) is 59.0 Å². The molecule has 0 spiro atoms. The molecule has 0 aromatic carbocycles. The van der Waals surface area contributed by atoms with Gasteiger partial charge in [0, 0.05) is 23.9 Å². The van der Waals surface area contributed by atoms with Gasteiger partial charge in [0.05, 0.1) is 6.04 Å². The average Bonchev–Trinajstić information content (AvgIpc) is 3.19. The van der Waals surface area contributed by atoms with Crippen LogP contribution in [-0.4, -0.2) is 28.4 Å². The molecule has 9 heteroatoms. The number of hydrogen-bond acceptors (Lipinski definition) is 4. The molecule has 0 saturated heterocycles. The van der Waals surface area contributed by atoms with Crippen molar-refractivity contribution in [3.8, 4) is 0 Å². The molecule has 2 N–H and O–H groups in total. The van der Waals surface area contributed by atoms with Gasteiger partial charge in [-0.2, -0.15) is 18.3 Å². The van der Waals surface area contributed by atoms with E-state index in [0.717, 1.165) is 16.0 Å². The molecular weight excluding hydrogens is 341 g/mol. The lowest BCUT2D eigenvalue weighted by Gasteiger charge is -2.32. The molecule has 2 aromatic rings. The first kappa shape index (κ1) is 16.8. The van der Waals surface area contributed by atoms with Crippen LogP contribution in [0.5, 0.6) is 0 Å². The minimum absolute atomic E-state index is 0.00738. The number of hydrogen-bond donors (Lipinski definition) is 2. The van der Waals surface area contributed by atoms with Gasteiger partial charge in [-0.25, -0.2) is 4.68 Å². The molecule has 0 radical (unpaired) electrons. The van der Waals surface area contributed by atoms with E-state index in [9.17, 15) is 18.0 Å². The summed E-state index contributed by atoms with van der Waals surface area (Å²) in [7, 11) is 0. The quantitative estimate of drug-likeness (QED) is 0.875. The highest BCUT2D eigenvalue weighted by atomic mass is 32.1. The Hall–Kier alpha value is -2.03. The molecule has 2 aromatic heterocycles. The van der Waals surface area contributed by atoms with Crippen molar-refractivity contribution in [1.82, 2.24) is 15.1 Å². The summed E-state index contributed by atoms with van der Waals surface area (Å²) in [5.41, 5.74) is -0.00738. The molecule has 0 fully saturated rings. The van der Waals surface area contributed by atoms with E-state index in [4.69, 9.17) is 0 Å². The Bertz CT molecular complexity index is 711. The lowest BCUT2D eigenvalue weighted by atomic mass is 10.0. The molecule has 0 aliphatic carbocycles. The number of thiophene rings is 1. The van der Waals surface area contributed by atoms with Crippen molar-refractivity contribution in [2.45, 2.75) is 38.0 Å². The molecule has 3 heterocycles. The third-order valence-electron chi connectivity index (χ3n) is 3.84. The monoisotopic (exact) mass is 358 g/mol. The lowest BCUT2D eigenvalue weighted by Crippen LogP contribution is -2.35. The van der Waals surface area contributed by atoms with Crippen molar-refractivity contribution in [1.29, 1.82) is 0 Å². The summed E-state index contributed by atoms with van der Waals surface area (Å²) in [6, 6.07) is 2.78. The average molecular weight is 358 g/mol. The third kappa shape index (κ3) is 3.26. The maximum absolute atomic E-state index is 13.5. The van der Waals surface area contributed by atoms with Crippen LogP contribution in [0.1, 0.15) is 47.2 Å². The maximum atomic E-state index is 13.5. The highest BCUT2D eigenvalue weighted by Gasteiger charge is 2.47. The summed E-state index contributed by atoms with van der Waals surface area (Å²) in [6.07, 6.45) is -3.85. The van der Waals surface area contributed by atoms with Gasteiger partial charge in [-0.3, -0.25) is 4.79 Å². The fourth-order valence-corrected chi connectivity index (χ4v) is 3.48. The van der Waals surface area contributed by atoms with Crippen LogP contribution in [0.4, 0.5) is 19.0 Å². The molecule has 0 unspecified atom stereocenters. The Balaban J connectivity index is 1.93. The van der Waals surface area contributed by atoms with Crippen LogP contribution in [0.2, 0.25) is 0 Å². The van der Waals surface area contributed by atoms with Crippen molar-refractivity contribution in [2.75, 3.05) is 11.9 Å². The van der Waals surface area contributed by atoms with Crippen molar-refractivity contribution < 1.29 is 18.0 Å². The number of aromatic nitrogens is 2. The molecule has 3 rings (SSSR count). The predicted octanol–water partition coefficient (Wildman–Crippen LogP) is 3.74. The highest BCUT2D eigenvalue weighted by molar-refractivity contribution is 7.10. The van der Waals surface area contributed by atoms with Gasteiger partial charge in [-0.1, -0.05) is 13.0 Å². The van der Waals surface area contributed by atoms with Crippen LogP contribution < -0.4 is 10.6 Å². The molecule has 1 aliphatic heterocycles. The molecular formula is C15H17F3N4OS. The van der Waals surface area contributed by atoms with Crippen LogP contribution in [0, 0.1) is 0 Å². The van der Waals surface area contributed by atoms with Gasteiger partial charge in [-0.15, -0.1) is 11.3 Å². The number of carbonyl (C=O) groups is 1. The maximum Gasteiger partial charge on any atom is 0.410 e. The van der Waals surface area contributed by atoms with Crippen LogP contribution in [0.15, 0.2) is 23.6 Å². The number of anilines is 1. The summed E-state index contributed by atoms with van der Waals surface area (Å²) in [4.78, 5) is 12.8. The molecule has 0 bridgehead atoms. The number of halogens is 3. The van der Waals surface area contributed by atoms with E-state index in [1.165, 1.54) is 17.4 Å². The fourth-order valence-electron chi connectivity index (χ4n) is 2.69. The van der Waals surface area contributed by atoms with Crippen LogP contribution in [0.25, 0.3) is 0 Å². The largest absolute Gasteiger partial charge is 0.410 e. The van der Waals surface area contributed by atoms with Crippen molar-refractivity contribution >= 4 is 23.1 Å². The minimum atomic E-state index is -4.43. The van der Waals surface area contributed by atoms with Gasteiger partial charge < -0.3 is 10.6 Å². The second-order valence-electron chi connectivity index (χ2n) is 5.62. The molecule has 130 valence electrons. The number of alkyl halides is 3. The van der Waals surface area contributed by atoms with E-state index in [-0.39, 0.29) is 17.9 Å². The van der Waals surface area contributed by atoms with Crippen molar-refractivity contribution in [3.05, 3.63) is 34.2 Å². The summed E-state index contributed by atoms with van der Waals surface area (Å²) in [5.74, 6) is -0.252. The summed E-state index contributed by atoms with van der Waals surface area (Å²) < 4.78 is 41.3. The first-order valence-electron chi connectivity index (χ1n) is 7.64. The Morgan fingerprint density at radius 2 is 2.33 bits per heavy atom. The first-order valence-corrected chi connectivity index (χ1v) is 8.52. The van der Waals surface area contributed by atoms with Gasteiger partial charge in [-0.05, 0) is 17.9 Å². The second kappa shape index (κ2) is 6.46. The Morgan fingerprint density at radius 3 is 2.96 bits per heavy atom. The smallest absolute Gasteiger partial charge is 0.363 e. The highest BCUT2D eigenvalue weighted by Crippen LogP contribution is 2.44. The molecule has 0 saturated carbocycles. The van der Waals surface area contributed by atoms with Crippen molar-refractivity contribution in [3.63, 3.8) is 0 Å². The summed E-state index contributed by atoms with van der Waals surface area (Å²) in [6.45, 7) is 2.35. The number of fused-ring (bicyclic) bond motifs is 1. The predicted molar refractivity (Wildman–Crippen MR) is 85.2 cm³/mol. The second-order valence-corrected chi connectivity index (χ2v) is 6.60. The van der Waals surface area contributed by atoms with E-state index in [2.05, 4.69) is 15.7 Å². The molecule has 5 nitrogen and oxygen atoms in total. The van der Waals surface area contributed by atoms with Gasteiger partial charge in [0.1, 0.15) is 5.82 Å². The minimum Gasteiger partial charge on any atom is -0.363 e. The van der Waals surface area contributed by atoms with Crippen molar-refractivity contribution in [2.24, 2.45) is 0 Å². The molecule has 2 atom stereocenters. The lowest BCUT2D eigenvalue weighted by molar-refractivity contribution is -0.173. The van der Waals surface area contributed by atoms with E-state index in [1.54, 1.807) is 12.1 Å². The zero-order chi connectivity index (χ0) is 17.3. The zero-order valence-electron chi connectivity index (χ0n) is 12.9. The Kier molecular flexibility index (Phi) is 4.53. The number of amides is 1. The Morgan fingerprint density at radius 1 is 1.54 bits per heavy atom. The summed E-state index contributed by atoms with van der Waals surface area (Å²) >= 11 is 1.40. The normalized spacial score (nSPS) is 20.3. The first-order chi connectivity index (χ1) is 11.4. The van der Waals surface area contributed by atoms with Gasteiger partial charge in [0.15, 0.2) is 11.7 Å². The molecule has 1 aliphatic rings. The van der Waals surface area contributed by atoms with E-state index >= 15 is 0 Å². The van der Waals surface area contributed by atoms with Gasteiger partial charge >= 0.3 is 6.18 Å². The van der Waals surface area contributed by atoms with Crippen LogP contribution in [0.3, 0.4) is 0 Å².